The van der Waals surface area contributed by atoms with Gasteiger partial charge in [-0.25, -0.2) is 9.59 Å². The van der Waals surface area contributed by atoms with Crippen LogP contribution in [0.4, 0.5) is 4.79 Å². The zero-order valence-electron chi connectivity index (χ0n) is 11.7. The van der Waals surface area contributed by atoms with Gasteiger partial charge in [0, 0.05) is 0 Å². The van der Waals surface area contributed by atoms with E-state index in [1.807, 2.05) is 0 Å². The molecule has 0 aromatic rings. The number of carbonyl (C=O) groups excluding carboxylic acids is 3. The highest BCUT2D eigenvalue weighted by Gasteiger charge is 2.44. The Morgan fingerprint density at radius 2 is 2.05 bits per heavy atom. The van der Waals surface area contributed by atoms with Gasteiger partial charge in [0.15, 0.2) is 0 Å². The summed E-state index contributed by atoms with van der Waals surface area (Å²) in [5, 5.41) is 13.5. The van der Waals surface area contributed by atoms with Crippen LogP contribution in [0.25, 0.3) is 0 Å². The Labute approximate surface area is 116 Å². The van der Waals surface area contributed by atoms with Crippen LogP contribution in [0, 0.1) is 0 Å². The number of amides is 4. The lowest BCUT2D eigenvalue weighted by atomic mass is 9.99. The number of rotatable bonds is 4. The van der Waals surface area contributed by atoms with Crippen molar-refractivity contribution >= 4 is 23.8 Å². The summed E-state index contributed by atoms with van der Waals surface area (Å²) in [6.45, 7) is 4.49. The third-order valence-corrected chi connectivity index (χ3v) is 3.20. The Bertz CT molecular complexity index is 446. The lowest BCUT2D eigenvalue weighted by molar-refractivity contribution is -0.142. The van der Waals surface area contributed by atoms with Gasteiger partial charge in [-0.15, -0.1) is 0 Å². The van der Waals surface area contributed by atoms with Crippen LogP contribution in [0.1, 0.15) is 33.6 Å². The number of nitrogens with one attached hydrogen (secondary N) is 2. The summed E-state index contributed by atoms with van der Waals surface area (Å²) >= 11 is 0. The molecule has 1 aliphatic heterocycles. The van der Waals surface area contributed by atoms with E-state index in [2.05, 4.69) is 10.6 Å². The molecule has 4 amide bonds. The molecule has 0 aliphatic carbocycles. The lowest BCUT2D eigenvalue weighted by Crippen LogP contribution is -2.67. The van der Waals surface area contributed by atoms with Crippen LogP contribution in [-0.4, -0.2) is 51.9 Å². The van der Waals surface area contributed by atoms with Crippen LogP contribution in [0.3, 0.4) is 0 Å². The largest absolute Gasteiger partial charge is 0.480 e. The number of carboxylic acid groups (broad SMARTS) is 1. The molecule has 0 radical (unpaired) electrons. The van der Waals surface area contributed by atoms with E-state index < -0.39 is 35.4 Å². The molecule has 0 saturated carbocycles. The molecule has 3 N–H and O–H groups in total. The average molecular weight is 285 g/mol. The van der Waals surface area contributed by atoms with E-state index in [0.29, 0.717) is 6.42 Å². The Hall–Kier alpha value is -2.12. The number of urea groups is 1. The van der Waals surface area contributed by atoms with E-state index in [-0.39, 0.29) is 13.0 Å². The maximum absolute atomic E-state index is 12.1. The van der Waals surface area contributed by atoms with E-state index >= 15 is 0 Å². The first kappa shape index (κ1) is 15.9. The Kier molecular flexibility index (Phi) is 4.69. The molecule has 0 bridgehead atoms. The molecule has 1 atom stereocenters. The Balaban J connectivity index is 2.86. The van der Waals surface area contributed by atoms with Gasteiger partial charge in [-0.2, -0.15) is 0 Å². The fourth-order valence-electron chi connectivity index (χ4n) is 1.88. The minimum absolute atomic E-state index is 0.273. The van der Waals surface area contributed by atoms with Gasteiger partial charge < -0.3 is 15.3 Å². The number of nitrogens with zero attached hydrogens (tertiary/aromatic N) is 1. The lowest BCUT2D eigenvalue weighted by Gasteiger charge is -2.40. The summed E-state index contributed by atoms with van der Waals surface area (Å²) in [4.78, 5) is 47.2. The minimum atomic E-state index is -1.22. The van der Waals surface area contributed by atoms with E-state index in [1.54, 1.807) is 6.92 Å². The summed E-state index contributed by atoms with van der Waals surface area (Å²) in [5.74, 6) is -2.33. The second-order valence-electron chi connectivity index (χ2n) is 5.15. The molecule has 0 unspecified atom stereocenters. The fraction of sp³-hybridized carbons (Fsp3) is 0.667. The normalized spacial score (nSPS) is 19.2. The van der Waals surface area contributed by atoms with Gasteiger partial charge in [0.2, 0.25) is 5.91 Å². The first-order valence-corrected chi connectivity index (χ1v) is 6.35. The number of hydrogen-bond donors (Lipinski definition) is 3. The summed E-state index contributed by atoms with van der Waals surface area (Å²) in [7, 11) is 0. The Morgan fingerprint density at radius 3 is 2.55 bits per heavy atom. The highest BCUT2D eigenvalue weighted by Crippen LogP contribution is 2.18. The SMILES string of the molecule is CCC[C@H](NC(=O)N1CC(=O)NC(=O)C1(C)C)C(=O)O. The molecule has 1 heterocycles. The molecule has 1 aliphatic rings. The highest BCUT2D eigenvalue weighted by atomic mass is 16.4. The van der Waals surface area contributed by atoms with Crippen molar-refractivity contribution in [3.8, 4) is 0 Å². The van der Waals surface area contributed by atoms with Crippen LogP contribution in [0.5, 0.6) is 0 Å². The van der Waals surface area contributed by atoms with E-state index in [4.69, 9.17) is 5.11 Å². The predicted octanol–water partition coefficient (Wildman–Crippen LogP) is -0.314. The van der Waals surface area contributed by atoms with Gasteiger partial charge in [-0.3, -0.25) is 14.9 Å². The van der Waals surface area contributed by atoms with Gasteiger partial charge in [-0.1, -0.05) is 13.3 Å². The van der Waals surface area contributed by atoms with Crippen molar-refractivity contribution in [1.82, 2.24) is 15.5 Å². The first-order chi connectivity index (χ1) is 9.20. The third kappa shape index (κ3) is 3.25. The van der Waals surface area contributed by atoms with Crippen molar-refractivity contribution in [2.45, 2.75) is 45.2 Å². The smallest absolute Gasteiger partial charge is 0.326 e. The van der Waals surface area contributed by atoms with Crippen molar-refractivity contribution in [2.75, 3.05) is 6.54 Å². The summed E-state index contributed by atoms with van der Waals surface area (Å²) in [6.07, 6.45) is 0.857. The van der Waals surface area contributed by atoms with Gasteiger partial charge >= 0.3 is 12.0 Å². The maximum atomic E-state index is 12.1. The van der Waals surface area contributed by atoms with Crippen molar-refractivity contribution in [3.05, 3.63) is 0 Å². The molecule has 8 nitrogen and oxygen atoms in total. The van der Waals surface area contributed by atoms with Gasteiger partial charge in [0.1, 0.15) is 18.1 Å². The Morgan fingerprint density at radius 1 is 1.45 bits per heavy atom. The van der Waals surface area contributed by atoms with Crippen LogP contribution in [0.2, 0.25) is 0 Å². The number of aliphatic carboxylic acids is 1. The third-order valence-electron chi connectivity index (χ3n) is 3.20. The van der Waals surface area contributed by atoms with E-state index in [9.17, 15) is 19.2 Å². The van der Waals surface area contributed by atoms with Crippen molar-refractivity contribution in [1.29, 1.82) is 0 Å². The molecule has 0 spiro atoms. The highest BCUT2D eigenvalue weighted by molar-refractivity contribution is 6.06. The first-order valence-electron chi connectivity index (χ1n) is 6.35. The zero-order chi connectivity index (χ0) is 15.5. The quantitative estimate of drug-likeness (QED) is 0.612. The molecule has 1 saturated heterocycles. The number of imide groups is 1. The molecular weight excluding hydrogens is 266 g/mol. The second-order valence-corrected chi connectivity index (χ2v) is 5.15. The van der Waals surface area contributed by atoms with Crippen LogP contribution in [0.15, 0.2) is 0 Å². The average Bonchev–Trinajstić information content (AvgIpc) is 2.33. The van der Waals surface area contributed by atoms with Gasteiger partial charge in [-0.05, 0) is 20.3 Å². The van der Waals surface area contributed by atoms with Crippen LogP contribution in [-0.2, 0) is 14.4 Å². The number of carbonyl (C=O) groups is 4. The van der Waals surface area contributed by atoms with Gasteiger partial charge in [0.25, 0.3) is 5.91 Å². The van der Waals surface area contributed by atoms with Crippen molar-refractivity contribution in [2.24, 2.45) is 0 Å². The molecular formula is C12H19N3O5. The molecule has 0 aromatic heterocycles. The number of hydrogen-bond acceptors (Lipinski definition) is 4. The predicted molar refractivity (Wildman–Crippen MR) is 68.8 cm³/mol. The van der Waals surface area contributed by atoms with E-state index in [0.717, 1.165) is 4.90 Å². The summed E-state index contributed by atoms with van der Waals surface area (Å²) in [5.41, 5.74) is -1.22. The van der Waals surface area contributed by atoms with Crippen molar-refractivity contribution < 1.29 is 24.3 Å². The molecule has 112 valence electrons. The standard InChI is InChI=1S/C12H19N3O5/c1-4-5-7(9(17)18)13-11(20)15-6-8(16)14-10(19)12(15,2)3/h7H,4-6H2,1-3H3,(H,13,20)(H,17,18)(H,14,16,19)/t7-/m0/s1. The number of carboxylic acids is 1. The summed E-state index contributed by atoms with van der Waals surface area (Å²) < 4.78 is 0. The number of piperazine rings is 1. The zero-order valence-corrected chi connectivity index (χ0v) is 11.7. The van der Waals surface area contributed by atoms with Crippen LogP contribution >= 0.6 is 0 Å². The minimum Gasteiger partial charge on any atom is -0.480 e. The van der Waals surface area contributed by atoms with Crippen LogP contribution < -0.4 is 10.6 Å². The fourth-order valence-corrected chi connectivity index (χ4v) is 1.88. The maximum Gasteiger partial charge on any atom is 0.326 e. The van der Waals surface area contributed by atoms with Gasteiger partial charge in [0.05, 0.1) is 0 Å². The monoisotopic (exact) mass is 285 g/mol. The van der Waals surface area contributed by atoms with Crippen molar-refractivity contribution in [3.63, 3.8) is 0 Å². The second kappa shape index (κ2) is 5.89. The molecule has 1 fully saturated rings. The molecule has 0 aromatic carbocycles. The topological polar surface area (TPSA) is 116 Å². The molecule has 1 rings (SSSR count). The summed E-state index contributed by atoms with van der Waals surface area (Å²) in [6, 6.07) is -1.78. The molecule has 8 heteroatoms. The molecule has 20 heavy (non-hydrogen) atoms. The van der Waals surface area contributed by atoms with E-state index in [1.165, 1.54) is 13.8 Å².